The standard InChI is InChI=1S/C21H21FN2O4/c22-17-8-6-15(7-9-17)18(11-20(26)27)23-21(28)16-10-19(25)24(13-16)12-14-4-2-1-3-5-14/h1-9,16,18H,10-13H2,(H,23,28)(H,26,27)/t16-,18+/m1/s1. The van der Waals surface area contributed by atoms with Gasteiger partial charge in [-0.25, -0.2) is 4.39 Å². The van der Waals surface area contributed by atoms with Gasteiger partial charge in [0.05, 0.1) is 18.4 Å². The summed E-state index contributed by atoms with van der Waals surface area (Å²) < 4.78 is 13.1. The van der Waals surface area contributed by atoms with Crippen molar-refractivity contribution >= 4 is 17.8 Å². The van der Waals surface area contributed by atoms with E-state index in [0.717, 1.165) is 5.56 Å². The molecule has 2 aromatic carbocycles. The zero-order valence-corrected chi connectivity index (χ0v) is 15.2. The fourth-order valence-electron chi connectivity index (χ4n) is 3.32. The number of carbonyl (C=O) groups excluding carboxylic acids is 2. The number of likely N-dealkylation sites (tertiary alicyclic amines) is 1. The maximum atomic E-state index is 13.1. The van der Waals surface area contributed by atoms with Crippen molar-refractivity contribution in [1.29, 1.82) is 0 Å². The van der Waals surface area contributed by atoms with Crippen LogP contribution in [0.2, 0.25) is 0 Å². The molecule has 1 aliphatic rings. The smallest absolute Gasteiger partial charge is 0.305 e. The van der Waals surface area contributed by atoms with E-state index in [4.69, 9.17) is 5.11 Å². The number of aliphatic carboxylic acids is 1. The van der Waals surface area contributed by atoms with Gasteiger partial charge in [0, 0.05) is 19.5 Å². The first-order valence-corrected chi connectivity index (χ1v) is 9.01. The Balaban J connectivity index is 1.65. The maximum Gasteiger partial charge on any atom is 0.305 e. The van der Waals surface area contributed by atoms with Crippen molar-refractivity contribution < 1.29 is 23.9 Å². The molecule has 0 radical (unpaired) electrons. The Morgan fingerprint density at radius 1 is 1.14 bits per heavy atom. The SMILES string of the molecule is O=C(O)C[C@H](NC(=O)[C@@H]1CC(=O)N(Cc2ccccc2)C1)c1ccc(F)cc1. The molecule has 146 valence electrons. The number of carboxylic acids is 1. The van der Waals surface area contributed by atoms with Crippen LogP contribution in [0.4, 0.5) is 4.39 Å². The molecule has 28 heavy (non-hydrogen) atoms. The van der Waals surface area contributed by atoms with Crippen molar-refractivity contribution in [1.82, 2.24) is 10.2 Å². The third-order valence-electron chi connectivity index (χ3n) is 4.77. The van der Waals surface area contributed by atoms with Crippen LogP contribution in [0.3, 0.4) is 0 Å². The van der Waals surface area contributed by atoms with E-state index in [1.807, 2.05) is 30.3 Å². The second kappa shape index (κ2) is 8.65. The summed E-state index contributed by atoms with van der Waals surface area (Å²) in [6, 6.07) is 14.0. The number of amides is 2. The third-order valence-corrected chi connectivity index (χ3v) is 4.77. The molecule has 2 atom stereocenters. The molecule has 0 aliphatic carbocycles. The number of halogens is 1. The molecule has 0 bridgehead atoms. The van der Waals surface area contributed by atoms with Gasteiger partial charge in [0.15, 0.2) is 0 Å². The molecule has 2 aromatic rings. The molecule has 0 aromatic heterocycles. The zero-order valence-electron chi connectivity index (χ0n) is 15.2. The summed E-state index contributed by atoms with van der Waals surface area (Å²) in [6.07, 6.45) is -0.242. The Morgan fingerprint density at radius 2 is 1.82 bits per heavy atom. The lowest BCUT2D eigenvalue weighted by Gasteiger charge is -2.20. The Hall–Kier alpha value is -3.22. The number of hydrogen-bond acceptors (Lipinski definition) is 3. The molecule has 7 heteroatoms. The van der Waals surface area contributed by atoms with Gasteiger partial charge in [0.25, 0.3) is 0 Å². The van der Waals surface area contributed by atoms with E-state index >= 15 is 0 Å². The van der Waals surface area contributed by atoms with Gasteiger partial charge in [-0.2, -0.15) is 0 Å². The molecule has 2 N–H and O–H groups in total. The molecule has 1 fully saturated rings. The van der Waals surface area contributed by atoms with Gasteiger partial charge < -0.3 is 15.3 Å². The predicted octanol–water partition coefficient (Wildman–Crippen LogP) is 2.51. The van der Waals surface area contributed by atoms with E-state index in [9.17, 15) is 18.8 Å². The second-order valence-electron chi connectivity index (χ2n) is 6.87. The Bertz CT molecular complexity index is 854. The molecule has 6 nitrogen and oxygen atoms in total. The molecule has 1 saturated heterocycles. The fourth-order valence-corrected chi connectivity index (χ4v) is 3.32. The fraction of sp³-hybridized carbons (Fsp3) is 0.286. The first-order chi connectivity index (χ1) is 13.4. The summed E-state index contributed by atoms with van der Waals surface area (Å²) in [6.45, 7) is 0.711. The van der Waals surface area contributed by atoms with Gasteiger partial charge in [0.2, 0.25) is 11.8 Å². The normalized spacial score (nSPS) is 17.4. The predicted molar refractivity (Wildman–Crippen MR) is 99.5 cm³/mol. The van der Waals surface area contributed by atoms with Crippen molar-refractivity contribution in [2.75, 3.05) is 6.54 Å². The molecule has 1 heterocycles. The van der Waals surface area contributed by atoms with Crippen LogP contribution in [-0.2, 0) is 20.9 Å². The minimum Gasteiger partial charge on any atom is -0.481 e. The molecule has 0 spiro atoms. The minimum atomic E-state index is -1.08. The summed E-state index contributed by atoms with van der Waals surface area (Å²) >= 11 is 0. The van der Waals surface area contributed by atoms with Crippen LogP contribution in [0.25, 0.3) is 0 Å². The molecule has 2 amide bonds. The van der Waals surface area contributed by atoms with E-state index in [1.54, 1.807) is 4.90 Å². The van der Waals surface area contributed by atoms with Crippen LogP contribution >= 0.6 is 0 Å². The van der Waals surface area contributed by atoms with Crippen molar-refractivity contribution in [3.63, 3.8) is 0 Å². The summed E-state index contributed by atoms with van der Waals surface area (Å²) in [4.78, 5) is 37.7. The van der Waals surface area contributed by atoms with Crippen LogP contribution < -0.4 is 5.32 Å². The molecule has 0 saturated carbocycles. The quantitative estimate of drug-likeness (QED) is 0.768. The molecular formula is C21H21FN2O4. The van der Waals surface area contributed by atoms with Gasteiger partial charge in [-0.15, -0.1) is 0 Å². The van der Waals surface area contributed by atoms with Gasteiger partial charge in [0.1, 0.15) is 5.82 Å². The van der Waals surface area contributed by atoms with Gasteiger partial charge in [-0.05, 0) is 23.3 Å². The second-order valence-corrected chi connectivity index (χ2v) is 6.87. The highest BCUT2D eigenvalue weighted by molar-refractivity contribution is 5.89. The van der Waals surface area contributed by atoms with E-state index < -0.39 is 23.7 Å². The number of rotatable bonds is 7. The van der Waals surface area contributed by atoms with Gasteiger partial charge in [-0.1, -0.05) is 42.5 Å². The highest BCUT2D eigenvalue weighted by Gasteiger charge is 2.35. The van der Waals surface area contributed by atoms with Crippen LogP contribution in [0.1, 0.15) is 30.0 Å². The lowest BCUT2D eigenvalue weighted by molar-refractivity contribution is -0.138. The van der Waals surface area contributed by atoms with E-state index in [0.29, 0.717) is 12.1 Å². The average Bonchev–Trinajstić information content (AvgIpc) is 3.03. The van der Waals surface area contributed by atoms with Crippen molar-refractivity contribution in [3.8, 4) is 0 Å². The summed E-state index contributed by atoms with van der Waals surface area (Å²) in [5.74, 6) is -2.56. The first-order valence-electron chi connectivity index (χ1n) is 9.01. The third kappa shape index (κ3) is 4.94. The zero-order chi connectivity index (χ0) is 20.1. The highest BCUT2D eigenvalue weighted by Crippen LogP contribution is 2.23. The van der Waals surface area contributed by atoms with Crippen LogP contribution in [0, 0.1) is 11.7 Å². The molecule has 0 unspecified atom stereocenters. The minimum absolute atomic E-state index is 0.0852. The van der Waals surface area contributed by atoms with Crippen LogP contribution in [-0.4, -0.2) is 34.3 Å². The molecular weight excluding hydrogens is 363 g/mol. The Kier molecular flexibility index (Phi) is 6.03. The van der Waals surface area contributed by atoms with Gasteiger partial charge >= 0.3 is 5.97 Å². The number of benzene rings is 2. The maximum absolute atomic E-state index is 13.1. The lowest BCUT2D eigenvalue weighted by atomic mass is 10.0. The van der Waals surface area contributed by atoms with E-state index in [2.05, 4.69) is 5.32 Å². The summed E-state index contributed by atoms with van der Waals surface area (Å²) in [5.41, 5.74) is 1.48. The van der Waals surface area contributed by atoms with Gasteiger partial charge in [-0.3, -0.25) is 14.4 Å². The average molecular weight is 384 g/mol. The number of hydrogen-bond donors (Lipinski definition) is 2. The van der Waals surface area contributed by atoms with E-state index in [-0.39, 0.29) is 31.2 Å². The summed E-state index contributed by atoms with van der Waals surface area (Å²) in [7, 11) is 0. The van der Waals surface area contributed by atoms with Crippen molar-refractivity contribution in [3.05, 3.63) is 71.5 Å². The largest absolute Gasteiger partial charge is 0.481 e. The number of nitrogens with zero attached hydrogens (tertiary/aromatic N) is 1. The topological polar surface area (TPSA) is 86.7 Å². The summed E-state index contributed by atoms with van der Waals surface area (Å²) in [5, 5.41) is 11.8. The van der Waals surface area contributed by atoms with E-state index in [1.165, 1.54) is 24.3 Å². The number of carbonyl (C=O) groups is 3. The van der Waals surface area contributed by atoms with Crippen LogP contribution in [0.5, 0.6) is 0 Å². The number of nitrogens with one attached hydrogen (secondary N) is 1. The lowest BCUT2D eigenvalue weighted by Crippen LogP contribution is -2.36. The Morgan fingerprint density at radius 3 is 2.46 bits per heavy atom. The monoisotopic (exact) mass is 384 g/mol. The van der Waals surface area contributed by atoms with Crippen molar-refractivity contribution in [2.24, 2.45) is 5.92 Å². The Labute approximate surface area is 162 Å². The first kappa shape index (κ1) is 19.5. The van der Waals surface area contributed by atoms with Crippen LogP contribution in [0.15, 0.2) is 54.6 Å². The molecule has 1 aliphatic heterocycles. The highest BCUT2D eigenvalue weighted by atomic mass is 19.1. The molecule has 3 rings (SSSR count). The number of carboxylic acid groups (broad SMARTS) is 1. The van der Waals surface area contributed by atoms with Crippen molar-refractivity contribution in [2.45, 2.75) is 25.4 Å².